The number of amides is 1. The van der Waals surface area contributed by atoms with E-state index in [0.29, 0.717) is 24.6 Å². The number of hydrogen-bond acceptors (Lipinski definition) is 5. The van der Waals surface area contributed by atoms with Gasteiger partial charge >= 0.3 is 5.97 Å². The summed E-state index contributed by atoms with van der Waals surface area (Å²) < 4.78 is 15.4. The standard InChI is InChI=1S/C16H15NO5/c1-11-2-3-14-13(8-11)17(5-7-21-14)15(18)10-22-16(19)12-4-6-20-9-12/h2-4,6,8-9H,5,7,10H2,1H3. The lowest BCUT2D eigenvalue weighted by molar-refractivity contribution is -0.121. The van der Waals surface area contributed by atoms with Gasteiger partial charge in [0.15, 0.2) is 6.61 Å². The maximum Gasteiger partial charge on any atom is 0.341 e. The summed E-state index contributed by atoms with van der Waals surface area (Å²) in [4.78, 5) is 25.6. The van der Waals surface area contributed by atoms with E-state index in [0.717, 1.165) is 5.56 Å². The van der Waals surface area contributed by atoms with Crippen molar-refractivity contribution in [1.82, 2.24) is 0 Å². The van der Waals surface area contributed by atoms with Gasteiger partial charge in [0.25, 0.3) is 5.91 Å². The van der Waals surface area contributed by atoms with Crippen molar-refractivity contribution < 1.29 is 23.5 Å². The predicted octanol–water partition coefficient (Wildman–Crippen LogP) is 2.17. The largest absolute Gasteiger partial charge is 0.490 e. The van der Waals surface area contributed by atoms with Gasteiger partial charge < -0.3 is 18.8 Å². The van der Waals surface area contributed by atoms with Crippen LogP contribution in [0.2, 0.25) is 0 Å². The van der Waals surface area contributed by atoms with Crippen LogP contribution in [0.4, 0.5) is 5.69 Å². The molecular formula is C16H15NO5. The fraction of sp³-hybridized carbons (Fsp3) is 0.250. The van der Waals surface area contributed by atoms with Crippen molar-refractivity contribution in [2.75, 3.05) is 24.7 Å². The Morgan fingerprint density at radius 2 is 2.18 bits per heavy atom. The van der Waals surface area contributed by atoms with Crippen molar-refractivity contribution in [3.8, 4) is 5.75 Å². The molecule has 0 spiro atoms. The number of hydrogen-bond donors (Lipinski definition) is 0. The lowest BCUT2D eigenvalue weighted by atomic mass is 10.1. The molecule has 6 nitrogen and oxygen atoms in total. The Hall–Kier alpha value is -2.76. The van der Waals surface area contributed by atoms with Crippen molar-refractivity contribution in [1.29, 1.82) is 0 Å². The van der Waals surface area contributed by atoms with E-state index < -0.39 is 5.97 Å². The molecule has 1 aromatic carbocycles. The van der Waals surface area contributed by atoms with Gasteiger partial charge in [-0.1, -0.05) is 6.07 Å². The molecule has 0 radical (unpaired) electrons. The molecule has 1 aliphatic heterocycles. The van der Waals surface area contributed by atoms with Gasteiger partial charge in [0.1, 0.15) is 18.6 Å². The zero-order valence-corrected chi connectivity index (χ0v) is 12.1. The van der Waals surface area contributed by atoms with E-state index in [1.54, 1.807) is 4.90 Å². The van der Waals surface area contributed by atoms with E-state index >= 15 is 0 Å². The van der Waals surface area contributed by atoms with Gasteiger partial charge in [-0.25, -0.2) is 4.79 Å². The van der Waals surface area contributed by atoms with Gasteiger partial charge in [0.05, 0.1) is 24.1 Å². The van der Waals surface area contributed by atoms with E-state index in [9.17, 15) is 9.59 Å². The number of benzene rings is 1. The molecule has 0 atom stereocenters. The van der Waals surface area contributed by atoms with Crippen LogP contribution in [0, 0.1) is 6.92 Å². The topological polar surface area (TPSA) is 69.0 Å². The number of anilines is 1. The van der Waals surface area contributed by atoms with Crippen molar-refractivity contribution in [3.63, 3.8) is 0 Å². The Bertz CT molecular complexity index is 693. The second kappa shape index (κ2) is 5.93. The van der Waals surface area contributed by atoms with Crippen LogP contribution in [0.1, 0.15) is 15.9 Å². The number of carbonyl (C=O) groups excluding carboxylic acids is 2. The summed E-state index contributed by atoms with van der Waals surface area (Å²) >= 11 is 0. The number of fused-ring (bicyclic) bond motifs is 1. The molecule has 0 bridgehead atoms. The first kappa shape index (κ1) is 14.2. The second-order valence-corrected chi connectivity index (χ2v) is 4.95. The predicted molar refractivity (Wildman–Crippen MR) is 78.0 cm³/mol. The normalized spacial score (nSPS) is 13.2. The van der Waals surface area contributed by atoms with Crippen LogP contribution >= 0.6 is 0 Å². The summed E-state index contributed by atoms with van der Waals surface area (Å²) in [5.41, 5.74) is 2.01. The number of rotatable bonds is 3. The van der Waals surface area contributed by atoms with E-state index in [2.05, 4.69) is 0 Å². The Kier molecular flexibility index (Phi) is 3.82. The number of nitrogens with zero attached hydrogens (tertiary/aromatic N) is 1. The molecule has 2 heterocycles. The molecule has 0 unspecified atom stereocenters. The molecule has 0 N–H and O–H groups in total. The van der Waals surface area contributed by atoms with Crippen LogP contribution in [-0.2, 0) is 9.53 Å². The number of aryl methyl sites for hydroxylation is 1. The van der Waals surface area contributed by atoms with E-state index in [-0.39, 0.29) is 18.1 Å². The summed E-state index contributed by atoms with van der Waals surface area (Å²) in [6.07, 6.45) is 2.65. The lowest BCUT2D eigenvalue weighted by Gasteiger charge is -2.29. The van der Waals surface area contributed by atoms with Crippen LogP contribution < -0.4 is 9.64 Å². The van der Waals surface area contributed by atoms with Gasteiger partial charge in [-0.2, -0.15) is 0 Å². The quantitative estimate of drug-likeness (QED) is 0.813. The lowest BCUT2D eigenvalue weighted by Crippen LogP contribution is -2.40. The van der Waals surface area contributed by atoms with Crippen molar-refractivity contribution in [2.24, 2.45) is 0 Å². The molecule has 1 amide bonds. The minimum atomic E-state index is -0.583. The van der Waals surface area contributed by atoms with Crippen molar-refractivity contribution in [3.05, 3.63) is 47.9 Å². The average Bonchev–Trinajstić information content (AvgIpc) is 3.06. The van der Waals surface area contributed by atoms with Gasteiger partial charge in [-0.3, -0.25) is 4.79 Å². The molecule has 0 fully saturated rings. The molecular weight excluding hydrogens is 286 g/mol. The molecule has 22 heavy (non-hydrogen) atoms. The van der Waals surface area contributed by atoms with Crippen LogP contribution in [0.3, 0.4) is 0 Å². The Labute approximate surface area is 127 Å². The maximum atomic E-state index is 12.3. The Morgan fingerprint density at radius 1 is 1.32 bits per heavy atom. The van der Waals surface area contributed by atoms with E-state index in [1.807, 2.05) is 25.1 Å². The fourth-order valence-corrected chi connectivity index (χ4v) is 2.26. The number of esters is 1. The van der Waals surface area contributed by atoms with E-state index in [1.165, 1.54) is 18.6 Å². The highest BCUT2D eigenvalue weighted by Crippen LogP contribution is 2.32. The Balaban J connectivity index is 1.69. The molecule has 0 saturated carbocycles. The zero-order chi connectivity index (χ0) is 15.5. The summed E-state index contributed by atoms with van der Waals surface area (Å²) in [7, 11) is 0. The molecule has 1 aliphatic rings. The third-order valence-electron chi connectivity index (χ3n) is 3.36. The van der Waals surface area contributed by atoms with Crippen LogP contribution in [0.15, 0.2) is 41.2 Å². The number of carbonyl (C=O) groups is 2. The summed E-state index contributed by atoms with van der Waals surface area (Å²) in [6.45, 7) is 2.46. The SMILES string of the molecule is Cc1ccc2c(c1)N(C(=O)COC(=O)c1ccoc1)CCO2. The van der Waals surface area contributed by atoms with Crippen LogP contribution in [0.5, 0.6) is 5.75 Å². The molecule has 3 rings (SSSR count). The van der Waals surface area contributed by atoms with Gasteiger partial charge in [-0.15, -0.1) is 0 Å². The van der Waals surface area contributed by atoms with Crippen LogP contribution in [0.25, 0.3) is 0 Å². The second-order valence-electron chi connectivity index (χ2n) is 4.95. The molecule has 6 heteroatoms. The Morgan fingerprint density at radius 3 is 2.95 bits per heavy atom. The molecule has 1 aromatic heterocycles. The van der Waals surface area contributed by atoms with E-state index in [4.69, 9.17) is 13.9 Å². The van der Waals surface area contributed by atoms with Gasteiger partial charge in [-0.05, 0) is 30.7 Å². The minimum Gasteiger partial charge on any atom is -0.490 e. The summed E-state index contributed by atoms with van der Waals surface area (Å²) in [5.74, 6) is -0.210. The van der Waals surface area contributed by atoms with Gasteiger partial charge in [0, 0.05) is 0 Å². The highest BCUT2D eigenvalue weighted by Gasteiger charge is 2.24. The first-order valence-corrected chi connectivity index (χ1v) is 6.88. The average molecular weight is 301 g/mol. The molecule has 0 aliphatic carbocycles. The van der Waals surface area contributed by atoms with Gasteiger partial charge in [0.2, 0.25) is 0 Å². The highest BCUT2D eigenvalue weighted by molar-refractivity contribution is 5.98. The molecule has 2 aromatic rings. The summed E-state index contributed by atoms with van der Waals surface area (Å²) in [5, 5.41) is 0. The van der Waals surface area contributed by atoms with Crippen molar-refractivity contribution >= 4 is 17.6 Å². The molecule has 114 valence electrons. The zero-order valence-electron chi connectivity index (χ0n) is 12.1. The highest BCUT2D eigenvalue weighted by atomic mass is 16.5. The first-order chi connectivity index (χ1) is 10.6. The fourth-order valence-electron chi connectivity index (χ4n) is 2.26. The molecule has 0 saturated heterocycles. The summed E-state index contributed by atoms with van der Waals surface area (Å²) in [6, 6.07) is 7.12. The maximum absolute atomic E-state index is 12.3. The first-order valence-electron chi connectivity index (χ1n) is 6.88. The number of furan rings is 1. The van der Waals surface area contributed by atoms with Crippen molar-refractivity contribution in [2.45, 2.75) is 6.92 Å². The smallest absolute Gasteiger partial charge is 0.341 e. The van der Waals surface area contributed by atoms with Crippen LogP contribution in [-0.4, -0.2) is 31.6 Å². The third kappa shape index (κ3) is 2.81. The number of ether oxygens (including phenoxy) is 2. The monoisotopic (exact) mass is 301 g/mol. The third-order valence-corrected chi connectivity index (χ3v) is 3.36. The minimum absolute atomic E-state index is 0.283.